The predicted octanol–water partition coefficient (Wildman–Crippen LogP) is 2.24. The second kappa shape index (κ2) is 7.34. The highest BCUT2D eigenvalue weighted by atomic mass is 32.2. The van der Waals surface area contributed by atoms with E-state index in [0.29, 0.717) is 5.69 Å². The van der Waals surface area contributed by atoms with Crippen molar-refractivity contribution in [3.63, 3.8) is 0 Å². The van der Waals surface area contributed by atoms with Crippen LogP contribution in [0.5, 0.6) is 0 Å². The summed E-state index contributed by atoms with van der Waals surface area (Å²) in [5.74, 6) is -0.516. The third kappa shape index (κ3) is 4.24. The molecule has 27 heavy (non-hydrogen) atoms. The molecule has 0 saturated carbocycles. The number of hydrogen-bond donors (Lipinski definition) is 2. The molecule has 2 aromatic carbocycles. The van der Waals surface area contributed by atoms with Crippen molar-refractivity contribution in [1.29, 1.82) is 0 Å². The zero-order valence-electron chi connectivity index (χ0n) is 14.6. The SMILES string of the molecule is CC(=O)N1C=Cc2ccccc2[C@H]1CC(=O)Nc1cccc(S(N)(=O)=O)c1. The summed E-state index contributed by atoms with van der Waals surface area (Å²) >= 11 is 0. The lowest BCUT2D eigenvalue weighted by atomic mass is 9.93. The van der Waals surface area contributed by atoms with Gasteiger partial charge in [-0.3, -0.25) is 9.59 Å². The average Bonchev–Trinajstić information content (AvgIpc) is 2.61. The fourth-order valence-electron chi connectivity index (χ4n) is 3.05. The normalized spacial score (nSPS) is 15.9. The minimum absolute atomic E-state index is 0.0283. The van der Waals surface area contributed by atoms with Crippen LogP contribution in [0.15, 0.2) is 59.6 Å². The molecule has 0 radical (unpaired) electrons. The van der Waals surface area contributed by atoms with E-state index in [-0.39, 0.29) is 23.1 Å². The summed E-state index contributed by atoms with van der Waals surface area (Å²) in [7, 11) is -3.86. The first-order chi connectivity index (χ1) is 12.8. The van der Waals surface area contributed by atoms with Crippen LogP contribution in [0.4, 0.5) is 5.69 Å². The number of nitrogens with two attached hydrogens (primary N) is 1. The third-order valence-corrected chi connectivity index (χ3v) is 5.21. The van der Waals surface area contributed by atoms with Crippen LogP contribution in [-0.2, 0) is 19.6 Å². The minimum atomic E-state index is -3.86. The Kier molecular flexibility index (Phi) is 5.11. The number of rotatable bonds is 4. The highest BCUT2D eigenvalue weighted by Gasteiger charge is 2.28. The van der Waals surface area contributed by atoms with E-state index in [1.165, 1.54) is 30.0 Å². The minimum Gasteiger partial charge on any atom is -0.326 e. The zero-order valence-corrected chi connectivity index (χ0v) is 15.4. The Labute approximate surface area is 157 Å². The molecule has 0 saturated heterocycles. The monoisotopic (exact) mass is 385 g/mol. The summed E-state index contributed by atoms with van der Waals surface area (Å²) < 4.78 is 22.9. The molecular weight excluding hydrogens is 366 g/mol. The predicted molar refractivity (Wildman–Crippen MR) is 102 cm³/mol. The Hall–Kier alpha value is -2.97. The summed E-state index contributed by atoms with van der Waals surface area (Å²) in [6, 6.07) is 12.8. The number of nitrogens with zero attached hydrogens (tertiary/aromatic N) is 1. The standard InChI is InChI=1S/C19H19N3O4S/c1-13(23)22-10-9-14-5-2-3-8-17(14)18(22)12-19(24)21-15-6-4-7-16(11-15)27(20,25)26/h2-11,18H,12H2,1H3,(H,21,24)(H2,20,25,26)/t18-/m1/s1. The summed E-state index contributed by atoms with van der Waals surface area (Å²) in [5.41, 5.74) is 2.15. The molecule has 0 spiro atoms. The number of carbonyl (C=O) groups is 2. The molecule has 2 amide bonds. The Balaban J connectivity index is 1.82. The van der Waals surface area contributed by atoms with Gasteiger partial charge in [-0.1, -0.05) is 30.3 Å². The van der Waals surface area contributed by atoms with Crippen LogP contribution in [0.25, 0.3) is 6.08 Å². The topological polar surface area (TPSA) is 110 Å². The van der Waals surface area contributed by atoms with Gasteiger partial charge in [-0.05, 0) is 35.4 Å². The third-order valence-electron chi connectivity index (χ3n) is 4.29. The van der Waals surface area contributed by atoms with Crippen molar-refractivity contribution in [1.82, 2.24) is 4.90 Å². The molecule has 2 aromatic rings. The molecule has 8 heteroatoms. The number of amides is 2. The Morgan fingerprint density at radius 3 is 2.59 bits per heavy atom. The van der Waals surface area contributed by atoms with Crippen LogP contribution in [0.1, 0.15) is 30.5 Å². The maximum absolute atomic E-state index is 12.6. The molecule has 140 valence electrons. The quantitative estimate of drug-likeness (QED) is 0.841. The summed E-state index contributed by atoms with van der Waals surface area (Å²) in [5, 5.41) is 7.79. The smallest absolute Gasteiger partial charge is 0.238 e. The summed E-state index contributed by atoms with van der Waals surface area (Å²) in [4.78, 5) is 26.0. The van der Waals surface area contributed by atoms with E-state index in [1.807, 2.05) is 30.3 Å². The van der Waals surface area contributed by atoms with E-state index >= 15 is 0 Å². The van der Waals surface area contributed by atoms with Crippen molar-refractivity contribution >= 4 is 33.6 Å². The molecule has 0 fully saturated rings. The fraction of sp³-hybridized carbons (Fsp3) is 0.158. The Morgan fingerprint density at radius 1 is 1.15 bits per heavy atom. The van der Waals surface area contributed by atoms with Crippen LogP contribution in [-0.4, -0.2) is 25.1 Å². The van der Waals surface area contributed by atoms with Gasteiger partial charge in [0.15, 0.2) is 0 Å². The van der Waals surface area contributed by atoms with Gasteiger partial charge in [0.05, 0.1) is 17.4 Å². The van der Waals surface area contributed by atoms with Gasteiger partial charge in [0, 0.05) is 18.8 Å². The molecule has 3 rings (SSSR count). The van der Waals surface area contributed by atoms with Crippen molar-refractivity contribution in [2.45, 2.75) is 24.3 Å². The highest BCUT2D eigenvalue weighted by molar-refractivity contribution is 7.89. The summed E-state index contributed by atoms with van der Waals surface area (Å²) in [6.45, 7) is 1.44. The fourth-order valence-corrected chi connectivity index (χ4v) is 3.61. The first-order valence-electron chi connectivity index (χ1n) is 8.24. The first kappa shape index (κ1) is 18.8. The van der Waals surface area contributed by atoms with Gasteiger partial charge in [-0.25, -0.2) is 13.6 Å². The van der Waals surface area contributed by atoms with E-state index in [4.69, 9.17) is 5.14 Å². The number of fused-ring (bicyclic) bond motifs is 1. The molecule has 0 aromatic heterocycles. The number of sulfonamides is 1. The number of hydrogen-bond acceptors (Lipinski definition) is 4. The molecule has 0 aliphatic carbocycles. The van der Waals surface area contributed by atoms with Gasteiger partial charge in [-0.2, -0.15) is 0 Å². The van der Waals surface area contributed by atoms with Crippen molar-refractivity contribution in [3.05, 3.63) is 65.9 Å². The van der Waals surface area contributed by atoms with Gasteiger partial charge >= 0.3 is 0 Å². The van der Waals surface area contributed by atoms with E-state index < -0.39 is 16.1 Å². The number of primary sulfonamides is 1. The van der Waals surface area contributed by atoms with Crippen LogP contribution in [0.3, 0.4) is 0 Å². The molecular formula is C19H19N3O4S. The van der Waals surface area contributed by atoms with Gasteiger partial charge < -0.3 is 10.2 Å². The van der Waals surface area contributed by atoms with Crippen molar-refractivity contribution in [3.8, 4) is 0 Å². The number of carbonyl (C=O) groups excluding carboxylic acids is 2. The van der Waals surface area contributed by atoms with E-state index in [2.05, 4.69) is 5.32 Å². The van der Waals surface area contributed by atoms with E-state index in [1.54, 1.807) is 12.3 Å². The van der Waals surface area contributed by atoms with Gasteiger partial charge in [-0.15, -0.1) is 0 Å². The molecule has 1 aliphatic rings. The Morgan fingerprint density at radius 2 is 1.89 bits per heavy atom. The Bertz CT molecular complexity index is 1030. The molecule has 1 heterocycles. The number of anilines is 1. The second-order valence-corrected chi connectivity index (χ2v) is 7.77. The molecule has 1 aliphatic heterocycles. The lowest BCUT2D eigenvalue weighted by Crippen LogP contribution is -2.33. The zero-order chi connectivity index (χ0) is 19.6. The van der Waals surface area contributed by atoms with Crippen LogP contribution in [0, 0.1) is 0 Å². The number of benzene rings is 2. The van der Waals surface area contributed by atoms with Crippen LogP contribution < -0.4 is 10.5 Å². The maximum Gasteiger partial charge on any atom is 0.238 e. The molecule has 1 atom stereocenters. The lowest BCUT2D eigenvalue weighted by molar-refractivity contribution is -0.129. The molecule has 0 unspecified atom stereocenters. The maximum atomic E-state index is 12.6. The van der Waals surface area contributed by atoms with Crippen molar-refractivity contribution in [2.24, 2.45) is 5.14 Å². The lowest BCUT2D eigenvalue weighted by Gasteiger charge is -2.32. The van der Waals surface area contributed by atoms with E-state index in [9.17, 15) is 18.0 Å². The molecule has 3 N–H and O–H groups in total. The largest absolute Gasteiger partial charge is 0.326 e. The van der Waals surface area contributed by atoms with Gasteiger partial charge in [0.25, 0.3) is 0 Å². The summed E-state index contributed by atoms with van der Waals surface area (Å²) in [6.07, 6.45) is 3.53. The number of nitrogens with one attached hydrogen (secondary N) is 1. The molecule has 0 bridgehead atoms. The van der Waals surface area contributed by atoms with Crippen molar-refractivity contribution in [2.75, 3.05) is 5.32 Å². The first-order valence-corrected chi connectivity index (χ1v) is 9.79. The van der Waals surface area contributed by atoms with Gasteiger partial charge in [0.2, 0.25) is 21.8 Å². The molecule has 7 nitrogen and oxygen atoms in total. The van der Waals surface area contributed by atoms with Crippen LogP contribution in [0.2, 0.25) is 0 Å². The highest BCUT2D eigenvalue weighted by Crippen LogP contribution is 2.33. The van der Waals surface area contributed by atoms with Crippen molar-refractivity contribution < 1.29 is 18.0 Å². The van der Waals surface area contributed by atoms with Crippen LogP contribution >= 0.6 is 0 Å². The second-order valence-electron chi connectivity index (χ2n) is 6.21. The average molecular weight is 385 g/mol. The van der Waals surface area contributed by atoms with E-state index in [0.717, 1.165) is 11.1 Å². The van der Waals surface area contributed by atoms with Gasteiger partial charge in [0.1, 0.15) is 0 Å².